The van der Waals surface area contributed by atoms with E-state index in [2.05, 4.69) is 391 Å². The molecule has 0 unspecified atom stereocenters. The molecule has 0 fully saturated rings. The Balaban J connectivity index is 0.000000717. The van der Waals surface area contributed by atoms with Crippen LogP contribution in [0.4, 0.5) is 0 Å². The lowest BCUT2D eigenvalue weighted by atomic mass is 9.71. The molecular formula is C117H186. The molecule has 0 aromatic heterocycles. The molecule has 8 rings (SSSR count). The van der Waals surface area contributed by atoms with E-state index in [1.807, 2.05) is 48.5 Å². The Morgan fingerprint density at radius 3 is 0.786 bits per heavy atom. The molecule has 0 atom stereocenters. The molecule has 0 saturated carbocycles. The maximum absolute atomic E-state index is 8.39. The van der Waals surface area contributed by atoms with Gasteiger partial charge in [0.2, 0.25) is 0 Å². The molecule has 8 aromatic rings. The first-order valence-corrected chi connectivity index (χ1v) is 44.7. The summed E-state index contributed by atoms with van der Waals surface area (Å²) in [5.41, 5.74) is 30.6. The van der Waals surface area contributed by atoms with E-state index in [1.54, 1.807) is 52.6 Å². The summed E-state index contributed by atoms with van der Waals surface area (Å²) >= 11 is 0. The van der Waals surface area contributed by atoms with E-state index in [9.17, 15) is 0 Å². The number of hydrogen-bond donors (Lipinski definition) is 0. The zero-order valence-electron chi connectivity index (χ0n) is 93.2. The monoisotopic (exact) mass is 1600 g/mol. The van der Waals surface area contributed by atoms with Crippen molar-refractivity contribution < 1.29 is 11.0 Å². The van der Waals surface area contributed by atoms with E-state index in [1.165, 1.54) is 93.5 Å². The van der Waals surface area contributed by atoms with Gasteiger partial charge in [-0.25, -0.2) is 0 Å². The highest BCUT2D eigenvalue weighted by atomic mass is 14.4. The second-order valence-electron chi connectivity index (χ2n) is 45.8. The van der Waals surface area contributed by atoms with Crippen molar-refractivity contribution in [3.8, 4) is 0 Å². The van der Waals surface area contributed by atoms with Gasteiger partial charge in [0.25, 0.3) is 0 Å². The minimum absolute atomic E-state index is 0.0570. The lowest BCUT2D eigenvalue weighted by Crippen LogP contribution is -2.24. The molecule has 0 nitrogen and oxygen atoms in total. The van der Waals surface area contributed by atoms with Gasteiger partial charge in [0.15, 0.2) is 0 Å². The molecule has 0 aliphatic carbocycles. The predicted molar refractivity (Wildman–Crippen MR) is 534 cm³/mol. The van der Waals surface area contributed by atoms with Crippen LogP contribution < -0.4 is 0 Å². The summed E-state index contributed by atoms with van der Waals surface area (Å²) < 4.78 is 62.4. The zero-order chi connectivity index (χ0) is 98.3. The van der Waals surface area contributed by atoms with Gasteiger partial charge >= 0.3 is 0 Å². The standard InChI is InChI=1S/C18H30.C17H28.C16H26.2C14H22.2C13H20.C12H18/c1-13(2)11-15-9-8-10-16(12-14(3)4)17(15)18(5,6)7;1-12(2)13-10-9-11-14(16(3,4)5)15(13)17(6,7)8;1-11(2)13-9-8-10-14(12(3)4)15(13)16(5,6)7;1-13(2,3)11-9-7-8-10-12(11)14(4,5)6;1-6-11-9-8-10-12(7-2)13(11)14(3,4)5;1-9-7-10(2)12(11(3)8-9)13(4,5)6;1-10(2)11-8-6-7-9-12(11)13(3,4)5;1-9-7-6-8-10(2)11(9)12(3,4)5/h8-10,13-14H,11-12H2,1-7H3;9-12H,1-8H3;8-12H,1-7H3;7-10H,1-6H3;8-10H,6-7H2,1-5H3;7-8H,1-6H3;6-10H,1-5H3;6-8H,1-5H3/i;12D;;;6D2,7D2;1D3;;. The smallest absolute Gasteiger partial charge is 0.0347 e. The minimum Gasteiger partial charge on any atom is -0.0625 e. The van der Waals surface area contributed by atoms with Gasteiger partial charge in [-0.1, -0.05) is 462 Å². The van der Waals surface area contributed by atoms with E-state index < -0.39 is 25.5 Å². The highest BCUT2D eigenvalue weighted by Gasteiger charge is 2.31. The summed E-state index contributed by atoms with van der Waals surface area (Å²) in [6, 6.07) is 53.0. The van der Waals surface area contributed by atoms with Crippen LogP contribution >= 0.6 is 0 Å². The van der Waals surface area contributed by atoms with Gasteiger partial charge in [-0.3, -0.25) is 0 Å². The Hall–Kier alpha value is -6.24. The van der Waals surface area contributed by atoms with Gasteiger partial charge in [-0.15, -0.1) is 0 Å². The molecular weight excluding hydrogens is 1410 g/mol. The van der Waals surface area contributed by atoms with E-state index in [4.69, 9.17) is 11.0 Å². The van der Waals surface area contributed by atoms with Crippen molar-refractivity contribution in [3.63, 3.8) is 0 Å². The topological polar surface area (TPSA) is 0 Å². The fourth-order valence-electron chi connectivity index (χ4n) is 17.1. The first kappa shape index (κ1) is 94.6. The summed E-state index contributed by atoms with van der Waals surface area (Å²) in [5.74, 6) is 2.72. The first-order chi connectivity index (χ1) is 55.8. The van der Waals surface area contributed by atoms with Crippen LogP contribution in [0.3, 0.4) is 0 Å². The van der Waals surface area contributed by atoms with E-state index >= 15 is 0 Å². The number of rotatable bonds is 10. The average molecular weight is 1600 g/mol. The molecule has 0 aliphatic rings. The molecule has 0 amide bonds. The molecule has 0 saturated heterocycles. The molecule has 0 heteroatoms. The Bertz CT molecular complexity index is 4340. The van der Waals surface area contributed by atoms with Crippen molar-refractivity contribution in [2.75, 3.05) is 0 Å². The lowest BCUT2D eigenvalue weighted by molar-refractivity contribution is 0.521. The van der Waals surface area contributed by atoms with E-state index in [-0.39, 0.29) is 54.1 Å². The van der Waals surface area contributed by atoms with Crippen molar-refractivity contribution in [1.29, 1.82) is 0 Å². The summed E-state index contributed by atoms with van der Waals surface area (Å²) in [5, 5.41) is 0. The normalized spacial score (nSPS) is 13.9. The fraction of sp³-hybridized carbons (Fsp3) is 0.590. The van der Waals surface area contributed by atoms with E-state index in [0.717, 1.165) is 34.1 Å². The SMILES string of the molecule is CC(C)(C)c1ccccc1C(C)(C)C.CC(C)Cc1cccc(CC(C)C)c1C(C)(C)C.CC(C)c1cccc(C(C)C)c1C(C)(C)C.CC(C)c1ccccc1C(C)(C)C.Cc1cccc(C)c1C(C)(C)C.[2H]C(C)(C)c1cccc(C(C)(C)C)c1C(C)(C)C.[2H]C([2H])(C)c1cccc(C([2H])([2H])C)c1C(C)(C)C.[2H]C([2H])([2H])c1cc(C)c(C(C)(C)C)c(C)c1. The van der Waals surface area contributed by atoms with Gasteiger partial charge in [0.1, 0.15) is 0 Å². The number of aryl methyl sites for hydroxylation is 7. The molecule has 654 valence electrons. The Morgan fingerprint density at radius 1 is 0.256 bits per heavy atom. The maximum atomic E-state index is 8.39. The average Bonchev–Trinajstić information content (AvgIpc) is 0.765. The molecule has 0 aliphatic heterocycles. The zero-order valence-corrected chi connectivity index (χ0v) is 85.2. The quantitative estimate of drug-likeness (QED) is 0.128. The van der Waals surface area contributed by atoms with Crippen LogP contribution in [0.5, 0.6) is 0 Å². The molecule has 0 spiro atoms. The number of hydrogen-bond acceptors (Lipinski definition) is 0. The molecule has 0 bridgehead atoms. The van der Waals surface area contributed by atoms with Crippen LogP contribution in [0.2, 0.25) is 0 Å². The third-order valence-electron chi connectivity index (χ3n) is 21.3. The highest BCUT2D eigenvalue weighted by Crippen LogP contribution is 2.42. The number of benzene rings is 8. The summed E-state index contributed by atoms with van der Waals surface area (Å²) in [7, 11) is 0. The van der Waals surface area contributed by atoms with Crippen LogP contribution in [0.25, 0.3) is 0 Å². The first-order valence-electron chi connectivity index (χ1n) is 48.7. The third-order valence-corrected chi connectivity index (χ3v) is 21.3. The lowest BCUT2D eigenvalue weighted by Gasteiger charge is -2.33. The molecule has 8 aromatic carbocycles. The summed E-state index contributed by atoms with van der Waals surface area (Å²) in [6.45, 7) is 103. The van der Waals surface area contributed by atoms with Crippen molar-refractivity contribution >= 4 is 0 Å². The highest BCUT2D eigenvalue weighted by molar-refractivity contribution is 5.48. The molecule has 117 heavy (non-hydrogen) atoms. The second kappa shape index (κ2) is 45.1. The van der Waals surface area contributed by atoms with Gasteiger partial charge in [-0.05, 0) is 272 Å². The summed E-state index contributed by atoms with van der Waals surface area (Å²) in [4.78, 5) is 0. The Labute approximate surface area is 740 Å². The van der Waals surface area contributed by atoms with Crippen molar-refractivity contribution in [2.45, 2.75) is 443 Å². The summed E-state index contributed by atoms with van der Waals surface area (Å²) in [6.07, 6.45) is -0.551. The Morgan fingerprint density at radius 2 is 0.513 bits per heavy atom. The van der Waals surface area contributed by atoms with Crippen LogP contribution in [0, 0.1) is 46.4 Å². The molecule has 0 N–H and O–H groups in total. The van der Waals surface area contributed by atoms with Crippen LogP contribution in [-0.4, -0.2) is 0 Å². The van der Waals surface area contributed by atoms with Crippen LogP contribution in [0.1, 0.15) is 467 Å². The van der Waals surface area contributed by atoms with Crippen LogP contribution in [-0.2, 0) is 79.7 Å². The van der Waals surface area contributed by atoms with E-state index in [0.29, 0.717) is 34.4 Å². The largest absolute Gasteiger partial charge is 0.0625 e. The van der Waals surface area contributed by atoms with Gasteiger partial charge in [0, 0.05) is 11.0 Å². The Kier molecular flexibility index (Phi) is 36.4. The van der Waals surface area contributed by atoms with Gasteiger partial charge in [0.05, 0.1) is 0 Å². The fourth-order valence-corrected chi connectivity index (χ4v) is 17.1. The minimum atomic E-state index is -2.01. The second-order valence-corrected chi connectivity index (χ2v) is 45.8. The van der Waals surface area contributed by atoms with Gasteiger partial charge < -0.3 is 0 Å². The third kappa shape index (κ3) is 35.4. The molecule has 0 radical (unpaired) electrons. The van der Waals surface area contributed by atoms with Gasteiger partial charge in [-0.2, -0.15) is 0 Å². The maximum Gasteiger partial charge on any atom is 0.0347 e. The van der Waals surface area contributed by atoms with Crippen molar-refractivity contribution in [1.82, 2.24) is 0 Å². The van der Waals surface area contributed by atoms with Crippen LogP contribution in [0.15, 0.2) is 152 Å². The van der Waals surface area contributed by atoms with Crippen molar-refractivity contribution in [2.24, 2.45) is 11.8 Å². The van der Waals surface area contributed by atoms with Crippen molar-refractivity contribution in [3.05, 3.63) is 280 Å². The molecule has 0 heterocycles. The predicted octanol–water partition coefficient (Wildman–Crippen LogP) is 36.0.